The van der Waals surface area contributed by atoms with E-state index in [-0.39, 0.29) is 18.2 Å². The molecule has 0 aromatic heterocycles. The molecule has 0 saturated carbocycles. The van der Waals surface area contributed by atoms with E-state index in [4.69, 9.17) is 16.3 Å². The third-order valence-electron chi connectivity index (χ3n) is 3.09. The SMILES string of the molecule is CN(C)CCN(CC(=O)OC(C)(C)C)C(=O)CSc1ccc(Cl)cc1. The normalized spacial score (nSPS) is 11.5. The number of rotatable bonds is 8. The van der Waals surface area contributed by atoms with Gasteiger partial charge in [0.15, 0.2) is 0 Å². The fourth-order valence-corrected chi connectivity index (χ4v) is 2.84. The molecule has 0 unspecified atom stereocenters. The van der Waals surface area contributed by atoms with Crippen molar-refractivity contribution >= 4 is 35.2 Å². The van der Waals surface area contributed by atoms with Crippen LogP contribution in [0, 0.1) is 0 Å². The number of nitrogens with zero attached hydrogens (tertiary/aromatic N) is 2. The highest BCUT2D eigenvalue weighted by Crippen LogP contribution is 2.20. The lowest BCUT2D eigenvalue weighted by Crippen LogP contribution is -2.42. The molecule has 7 heteroatoms. The van der Waals surface area contributed by atoms with Gasteiger partial charge in [0.05, 0.1) is 5.75 Å². The van der Waals surface area contributed by atoms with E-state index in [1.807, 2.05) is 51.9 Å². The Morgan fingerprint density at radius 3 is 2.24 bits per heavy atom. The monoisotopic (exact) mass is 386 g/mol. The number of benzene rings is 1. The minimum atomic E-state index is -0.564. The number of hydrogen-bond acceptors (Lipinski definition) is 5. The van der Waals surface area contributed by atoms with E-state index < -0.39 is 11.6 Å². The van der Waals surface area contributed by atoms with Crippen LogP contribution in [-0.2, 0) is 14.3 Å². The van der Waals surface area contributed by atoms with Gasteiger partial charge in [-0.15, -0.1) is 11.8 Å². The van der Waals surface area contributed by atoms with Crippen molar-refractivity contribution in [3.05, 3.63) is 29.3 Å². The van der Waals surface area contributed by atoms with Crippen molar-refractivity contribution < 1.29 is 14.3 Å². The highest BCUT2D eigenvalue weighted by atomic mass is 35.5. The average molecular weight is 387 g/mol. The summed E-state index contributed by atoms with van der Waals surface area (Å²) in [5.74, 6) is -0.221. The number of ether oxygens (including phenoxy) is 1. The molecule has 0 atom stereocenters. The molecule has 1 aromatic rings. The maximum Gasteiger partial charge on any atom is 0.326 e. The molecule has 0 saturated heterocycles. The number of amides is 1. The fourth-order valence-electron chi connectivity index (χ4n) is 1.91. The van der Waals surface area contributed by atoms with Crippen LogP contribution in [0.5, 0.6) is 0 Å². The van der Waals surface area contributed by atoms with Gasteiger partial charge in [-0.1, -0.05) is 11.6 Å². The van der Waals surface area contributed by atoms with Gasteiger partial charge in [0.25, 0.3) is 0 Å². The van der Waals surface area contributed by atoms with Crippen LogP contribution in [0.15, 0.2) is 29.2 Å². The second-order valence-corrected chi connectivity index (χ2v) is 8.43. The summed E-state index contributed by atoms with van der Waals surface area (Å²) in [7, 11) is 3.86. The van der Waals surface area contributed by atoms with Crippen molar-refractivity contribution in [1.82, 2.24) is 9.80 Å². The first kappa shape index (κ1) is 21.8. The van der Waals surface area contributed by atoms with E-state index in [9.17, 15) is 9.59 Å². The molecule has 0 aliphatic heterocycles. The summed E-state index contributed by atoms with van der Waals surface area (Å²) >= 11 is 7.29. The zero-order valence-corrected chi connectivity index (χ0v) is 17.1. The zero-order valence-electron chi connectivity index (χ0n) is 15.5. The van der Waals surface area contributed by atoms with Gasteiger partial charge in [0.2, 0.25) is 5.91 Å². The minimum Gasteiger partial charge on any atom is -0.459 e. The summed E-state index contributed by atoms with van der Waals surface area (Å²) in [5, 5.41) is 0.660. The molecule has 25 heavy (non-hydrogen) atoms. The van der Waals surface area contributed by atoms with E-state index in [1.165, 1.54) is 11.8 Å². The second kappa shape index (κ2) is 10.0. The number of carbonyl (C=O) groups excluding carboxylic acids is 2. The lowest BCUT2D eigenvalue weighted by molar-refractivity contribution is -0.158. The molecule has 0 bridgehead atoms. The average Bonchev–Trinajstić information content (AvgIpc) is 2.48. The first-order valence-electron chi connectivity index (χ1n) is 8.09. The Hall–Kier alpha value is -1.24. The summed E-state index contributed by atoms with van der Waals surface area (Å²) in [5.41, 5.74) is -0.564. The van der Waals surface area contributed by atoms with Gasteiger partial charge in [-0.25, -0.2) is 0 Å². The standard InChI is InChI=1S/C18H27ClN2O3S/c1-18(2,3)24-17(23)12-21(11-10-20(4)5)16(22)13-25-15-8-6-14(19)7-9-15/h6-9H,10-13H2,1-5H3. The Morgan fingerprint density at radius 1 is 1.12 bits per heavy atom. The molecule has 0 spiro atoms. The molecule has 5 nitrogen and oxygen atoms in total. The van der Waals surface area contributed by atoms with Gasteiger partial charge in [0, 0.05) is 23.0 Å². The van der Waals surface area contributed by atoms with Gasteiger partial charge < -0.3 is 14.5 Å². The van der Waals surface area contributed by atoms with Crippen LogP contribution in [-0.4, -0.2) is 66.8 Å². The van der Waals surface area contributed by atoms with E-state index in [0.29, 0.717) is 18.1 Å². The van der Waals surface area contributed by atoms with Crippen molar-refractivity contribution in [1.29, 1.82) is 0 Å². The molecule has 0 fully saturated rings. The van der Waals surface area contributed by atoms with Crippen LogP contribution in [0.25, 0.3) is 0 Å². The summed E-state index contributed by atoms with van der Waals surface area (Å²) in [4.78, 5) is 29.1. The molecular weight excluding hydrogens is 360 g/mol. The Bertz CT molecular complexity index is 571. The van der Waals surface area contributed by atoms with Crippen LogP contribution < -0.4 is 0 Å². The first-order valence-corrected chi connectivity index (χ1v) is 9.46. The van der Waals surface area contributed by atoms with Gasteiger partial charge in [-0.05, 0) is 59.1 Å². The van der Waals surface area contributed by atoms with Crippen molar-refractivity contribution in [2.75, 3.05) is 39.5 Å². The van der Waals surface area contributed by atoms with E-state index in [0.717, 1.165) is 4.90 Å². The highest BCUT2D eigenvalue weighted by Gasteiger charge is 2.22. The Kier molecular flexibility index (Phi) is 8.76. The molecule has 1 aromatic carbocycles. The summed E-state index contributed by atoms with van der Waals surface area (Å²) in [6, 6.07) is 7.33. The number of thioether (sulfide) groups is 1. The quantitative estimate of drug-likeness (QED) is 0.507. The smallest absolute Gasteiger partial charge is 0.326 e. The van der Waals surface area contributed by atoms with Crippen LogP contribution >= 0.6 is 23.4 Å². The van der Waals surface area contributed by atoms with Crippen LogP contribution in [0.2, 0.25) is 5.02 Å². The maximum atomic E-state index is 12.5. The number of likely N-dealkylation sites (N-methyl/N-ethyl adjacent to an activating group) is 1. The van der Waals surface area contributed by atoms with E-state index in [2.05, 4.69) is 0 Å². The van der Waals surface area contributed by atoms with Crippen LogP contribution in [0.4, 0.5) is 0 Å². The summed E-state index contributed by atoms with van der Waals surface area (Å²) in [6.07, 6.45) is 0. The number of hydrogen-bond donors (Lipinski definition) is 0. The molecule has 1 rings (SSSR count). The van der Waals surface area contributed by atoms with Gasteiger partial charge >= 0.3 is 5.97 Å². The summed E-state index contributed by atoms with van der Waals surface area (Å²) in [6.45, 7) is 6.56. The van der Waals surface area contributed by atoms with Crippen molar-refractivity contribution in [3.63, 3.8) is 0 Å². The lowest BCUT2D eigenvalue weighted by Gasteiger charge is -2.26. The Labute approximate surface area is 159 Å². The summed E-state index contributed by atoms with van der Waals surface area (Å²) < 4.78 is 5.33. The van der Waals surface area contributed by atoms with Crippen LogP contribution in [0.3, 0.4) is 0 Å². The number of halogens is 1. The predicted molar refractivity (Wildman–Crippen MR) is 103 cm³/mol. The molecule has 1 amide bonds. The Balaban J connectivity index is 2.64. The topological polar surface area (TPSA) is 49.9 Å². The molecule has 0 N–H and O–H groups in total. The lowest BCUT2D eigenvalue weighted by atomic mass is 10.2. The molecular formula is C18H27ClN2O3S. The minimum absolute atomic E-state index is 0.0366. The maximum absolute atomic E-state index is 12.5. The first-order chi connectivity index (χ1) is 11.6. The molecule has 0 radical (unpaired) electrons. The zero-order chi connectivity index (χ0) is 19.0. The molecule has 0 aliphatic carbocycles. The largest absolute Gasteiger partial charge is 0.459 e. The highest BCUT2D eigenvalue weighted by molar-refractivity contribution is 8.00. The van der Waals surface area contributed by atoms with Gasteiger partial charge in [-0.3, -0.25) is 9.59 Å². The van der Waals surface area contributed by atoms with E-state index >= 15 is 0 Å². The van der Waals surface area contributed by atoms with Crippen molar-refractivity contribution in [3.8, 4) is 0 Å². The van der Waals surface area contributed by atoms with Crippen molar-refractivity contribution in [2.24, 2.45) is 0 Å². The molecule has 0 heterocycles. The predicted octanol–water partition coefficient (Wildman–Crippen LogP) is 3.16. The fraction of sp³-hybridized carbons (Fsp3) is 0.556. The third-order valence-corrected chi connectivity index (χ3v) is 4.33. The molecule has 0 aliphatic rings. The number of esters is 1. The third kappa shape index (κ3) is 9.72. The van der Waals surface area contributed by atoms with Crippen molar-refractivity contribution in [2.45, 2.75) is 31.3 Å². The molecule has 140 valence electrons. The Morgan fingerprint density at radius 2 is 1.72 bits per heavy atom. The second-order valence-electron chi connectivity index (χ2n) is 6.95. The van der Waals surface area contributed by atoms with Gasteiger partial charge in [0.1, 0.15) is 12.1 Å². The van der Waals surface area contributed by atoms with Crippen LogP contribution in [0.1, 0.15) is 20.8 Å². The number of carbonyl (C=O) groups is 2. The van der Waals surface area contributed by atoms with Gasteiger partial charge in [-0.2, -0.15) is 0 Å². The van der Waals surface area contributed by atoms with E-state index in [1.54, 1.807) is 17.0 Å².